The molecule has 35 heavy (non-hydrogen) atoms. The van der Waals surface area contributed by atoms with Crippen LogP contribution in [0.15, 0.2) is 12.3 Å². The first-order valence-corrected chi connectivity index (χ1v) is 12.7. The number of aromatic nitrogens is 1. The van der Waals surface area contributed by atoms with E-state index in [1.807, 2.05) is 32.8 Å². The molecule has 0 bridgehead atoms. The van der Waals surface area contributed by atoms with Gasteiger partial charge in [-0.2, -0.15) is 0 Å². The molecule has 8 heteroatoms. The maximum atomic E-state index is 13.5. The number of amides is 2. The monoisotopic (exact) mass is 484 g/mol. The summed E-state index contributed by atoms with van der Waals surface area (Å²) >= 11 is 0. The van der Waals surface area contributed by atoms with E-state index in [1.54, 1.807) is 29.1 Å². The number of rotatable bonds is 7. The summed E-state index contributed by atoms with van der Waals surface area (Å²) in [5.41, 5.74) is 1.02. The van der Waals surface area contributed by atoms with Gasteiger partial charge in [-0.3, -0.25) is 9.59 Å². The molecule has 0 radical (unpaired) electrons. The fourth-order valence-electron chi connectivity index (χ4n) is 4.66. The molecule has 1 fully saturated rings. The Balaban J connectivity index is 1.87. The van der Waals surface area contributed by atoms with E-state index in [2.05, 4.69) is 16.8 Å². The summed E-state index contributed by atoms with van der Waals surface area (Å²) in [5.74, 6) is 7.04. The summed E-state index contributed by atoms with van der Waals surface area (Å²) in [5, 5.41) is 9.82. The molecule has 1 saturated carbocycles. The van der Waals surface area contributed by atoms with Crippen LogP contribution in [0, 0.1) is 23.7 Å². The van der Waals surface area contributed by atoms with Crippen LogP contribution in [0.4, 0.5) is 0 Å². The summed E-state index contributed by atoms with van der Waals surface area (Å²) < 4.78 is 6.27. The third-order valence-corrected chi connectivity index (χ3v) is 6.95. The molecule has 0 unspecified atom stereocenters. The van der Waals surface area contributed by atoms with E-state index in [1.165, 1.54) is 25.7 Å². The Morgan fingerprint density at radius 2 is 2.03 bits per heavy atom. The second kappa shape index (κ2) is 12.4. The molecule has 192 valence electrons. The molecular formula is C27H40N4O4. The van der Waals surface area contributed by atoms with Gasteiger partial charge in [-0.1, -0.05) is 31.6 Å². The van der Waals surface area contributed by atoms with Gasteiger partial charge in [-0.05, 0) is 45.8 Å². The molecule has 1 N–H and O–H groups in total. The van der Waals surface area contributed by atoms with Crippen molar-refractivity contribution in [2.24, 2.45) is 11.8 Å². The molecule has 1 aromatic rings. The molecule has 8 nitrogen and oxygen atoms in total. The Kier molecular flexibility index (Phi) is 9.53. The Morgan fingerprint density at radius 1 is 1.31 bits per heavy atom. The van der Waals surface area contributed by atoms with Gasteiger partial charge >= 0.3 is 0 Å². The van der Waals surface area contributed by atoms with Crippen LogP contribution in [-0.2, 0) is 4.79 Å². The second-order valence-electron chi connectivity index (χ2n) is 10.4. The van der Waals surface area contributed by atoms with E-state index in [-0.39, 0.29) is 42.4 Å². The normalized spacial score (nSPS) is 21.5. The topological polar surface area (TPSA) is 86.2 Å². The lowest BCUT2D eigenvalue weighted by Crippen LogP contribution is -2.51. The van der Waals surface area contributed by atoms with Crippen molar-refractivity contribution in [1.29, 1.82) is 0 Å². The molecule has 1 aliphatic heterocycles. The minimum atomic E-state index is -0.363. The molecule has 3 rings (SSSR count). The summed E-state index contributed by atoms with van der Waals surface area (Å²) in [7, 11) is 5.47. The molecule has 0 spiro atoms. The minimum Gasteiger partial charge on any atom is -0.472 e. The average Bonchev–Trinajstić information content (AvgIpc) is 3.34. The molecule has 2 amide bonds. The number of hydrogen-bond donors (Lipinski definition) is 1. The van der Waals surface area contributed by atoms with Crippen molar-refractivity contribution < 1.29 is 19.4 Å². The van der Waals surface area contributed by atoms with Crippen molar-refractivity contribution >= 4 is 11.8 Å². The van der Waals surface area contributed by atoms with E-state index in [0.717, 1.165) is 6.42 Å². The van der Waals surface area contributed by atoms with Crippen LogP contribution in [0.25, 0.3) is 0 Å². The Bertz CT molecular complexity index is 948. The maximum Gasteiger partial charge on any atom is 0.259 e. The summed E-state index contributed by atoms with van der Waals surface area (Å²) in [6.45, 7) is 4.75. The van der Waals surface area contributed by atoms with Crippen LogP contribution in [0.3, 0.4) is 0 Å². The van der Waals surface area contributed by atoms with Crippen LogP contribution in [0.5, 0.6) is 5.88 Å². The highest BCUT2D eigenvalue weighted by Gasteiger charge is 2.34. The summed E-state index contributed by atoms with van der Waals surface area (Å²) in [4.78, 5) is 35.7. The van der Waals surface area contributed by atoms with E-state index >= 15 is 0 Å². The van der Waals surface area contributed by atoms with E-state index in [0.29, 0.717) is 36.7 Å². The lowest BCUT2D eigenvalue weighted by atomic mass is 9.99. The molecule has 2 aliphatic rings. The van der Waals surface area contributed by atoms with Crippen LogP contribution in [0.2, 0.25) is 0 Å². The van der Waals surface area contributed by atoms with Crippen molar-refractivity contribution in [1.82, 2.24) is 19.7 Å². The molecule has 1 aromatic heterocycles. The van der Waals surface area contributed by atoms with E-state index < -0.39 is 0 Å². The molecule has 0 saturated heterocycles. The van der Waals surface area contributed by atoms with Gasteiger partial charge in [0, 0.05) is 37.7 Å². The number of pyridine rings is 1. The van der Waals surface area contributed by atoms with Crippen molar-refractivity contribution in [2.75, 3.05) is 47.4 Å². The van der Waals surface area contributed by atoms with Gasteiger partial charge in [0.25, 0.3) is 5.91 Å². The fraction of sp³-hybridized carbons (Fsp3) is 0.667. The number of ether oxygens (including phenoxy) is 1. The van der Waals surface area contributed by atoms with Crippen LogP contribution in [-0.4, -0.2) is 96.1 Å². The summed E-state index contributed by atoms with van der Waals surface area (Å²) in [6.07, 6.45) is 7.20. The average molecular weight is 485 g/mol. The zero-order valence-corrected chi connectivity index (χ0v) is 21.8. The lowest BCUT2D eigenvalue weighted by molar-refractivity contribution is -0.132. The highest BCUT2D eigenvalue weighted by atomic mass is 16.5. The van der Waals surface area contributed by atoms with E-state index in [4.69, 9.17) is 4.74 Å². The van der Waals surface area contributed by atoms with Crippen molar-refractivity contribution in [2.45, 2.75) is 58.1 Å². The van der Waals surface area contributed by atoms with Gasteiger partial charge < -0.3 is 24.5 Å². The van der Waals surface area contributed by atoms with Crippen LogP contribution in [0.1, 0.15) is 61.9 Å². The first-order chi connectivity index (χ1) is 16.7. The highest BCUT2D eigenvalue weighted by Crippen LogP contribution is 2.28. The van der Waals surface area contributed by atoms with Crippen LogP contribution < -0.4 is 4.74 Å². The number of likely N-dealkylation sites (N-methyl/N-ethyl adjacent to an activating group) is 2. The number of fused-ring (bicyclic) bond motifs is 1. The number of carbonyl (C=O) groups is 2. The smallest absolute Gasteiger partial charge is 0.259 e. The SMILES string of the molecule is C[C@H]1CN([C@@H](C)CO)C(=O)c2cc(C#CCC3CCCC3)cnc2O[C@H]1CN(C)C(=O)CN(C)C. The third-order valence-electron chi connectivity index (χ3n) is 6.95. The van der Waals surface area contributed by atoms with Gasteiger partial charge in [0.05, 0.1) is 25.7 Å². The molecule has 0 aromatic carbocycles. The predicted molar refractivity (Wildman–Crippen MR) is 135 cm³/mol. The van der Waals surface area contributed by atoms with E-state index in [9.17, 15) is 14.7 Å². The standard InChI is InChI=1S/C27H40N4O4/c1-19-15-31(20(2)18-32)27(34)23-13-22(12-8-11-21-9-6-7-10-21)14-28-26(23)35-24(19)16-30(5)25(33)17-29(3)4/h13-14,19-21,24,32H,6-7,9-11,15-18H2,1-5H3/t19-,20-,24-/m0/s1. The van der Waals surface area contributed by atoms with Gasteiger partial charge in [0.1, 0.15) is 11.7 Å². The lowest BCUT2D eigenvalue weighted by Gasteiger charge is -2.37. The quantitative estimate of drug-likeness (QED) is 0.598. The largest absolute Gasteiger partial charge is 0.472 e. The maximum absolute atomic E-state index is 13.5. The third kappa shape index (κ3) is 7.18. The number of aliphatic hydroxyl groups excluding tert-OH is 1. The zero-order chi connectivity index (χ0) is 25.5. The van der Waals surface area contributed by atoms with Crippen molar-refractivity contribution in [3.8, 4) is 17.7 Å². The van der Waals surface area contributed by atoms with Crippen molar-refractivity contribution in [3.05, 3.63) is 23.4 Å². The molecule has 2 heterocycles. The van der Waals surface area contributed by atoms with Gasteiger partial charge in [0.15, 0.2) is 0 Å². The molecular weight excluding hydrogens is 444 g/mol. The first kappa shape index (κ1) is 27.0. The Hall–Kier alpha value is -2.63. The number of nitrogens with zero attached hydrogens (tertiary/aromatic N) is 4. The van der Waals surface area contributed by atoms with Gasteiger partial charge in [-0.25, -0.2) is 4.98 Å². The predicted octanol–water partition coefficient (Wildman–Crippen LogP) is 2.25. The Labute approximate surface area is 209 Å². The van der Waals surface area contributed by atoms with Crippen LogP contribution >= 0.6 is 0 Å². The first-order valence-electron chi connectivity index (χ1n) is 12.7. The number of hydrogen-bond acceptors (Lipinski definition) is 6. The van der Waals surface area contributed by atoms with Gasteiger partial charge in [0.2, 0.25) is 11.8 Å². The molecule has 3 atom stereocenters. The van der Waals surface area contributed by atoms with Gasteiger partial charge in [-0.15, -0.1) is 0 Å². The second-order valence-corrected chi connectivity index (χ2v) is 10.4. The summed E-state index contributed by atoms with van der Waals surface area (Å²) in [6, 6.07) is 1.39. The number of aliphatic hydroxyl groups is 1. The fourth-order valence-corrected chi connectivity index (χ4v) is 4.66. The highest BCUT2D eigenvalue weighted by molar-refractivity contribution is 5.97. The number of carbonyl (C=O) groups excluding carboxylic acids is 2. The molecule has 1 aliphatic carbocycles. The van der Waals surface area contributed by atoms with Crippen molar-refractivity contribution in [3.63, 3.8) is 0 Å². The minimum absolute atomic E-state index is 0.00872. The Morgan fingerprint density at radius 3 is 2.69 bits per heavy atom. The zero-order valence-electron chi connectivity index (χ0n) is 21.8.